The van der Waals surface area contributed by atoms with Crippen LogP contribution in [-0.2, 0) is 0 Å². The molecule has 0 bridgehead atoms. The molecule has 98 valence electrons. The van der Waals surface area contributed by atoms with Gasteiger partial charge in [-0.25, -0.2) is 8.78 Å². The zero-order valence-corrected chi connectivity index (χ0v) is 9.70. The number of hydrogen-bond acceptors (Lipinski definition) is 3. The average Bonchev–Trinajstić information content (AvgIpc) is 2.81. The Morgan fingerprint density at radius 2 is 2.17 bits per heavy atom. The SMILES string of the molecule is Nc1cc(C(=O)N2CCC(CO)C2)c(F)cc1F. The van der Waals surface area contributed by atoms with E-state index in [-0.39, 0.29) is 23.8 Å². The lowest BCUT2D eigenvalue weighted by Gasteiger charge is -2.17. The number of halogens is 2. The van der Waals surface area contributed by atoms with Crippen molar-refractivity contribution in [2.45, 2.75) is 6.42 Å². The highest BCUT2D eigenvalue weighted by Gasteiger charge is 2.28. The van der Waals surface area contributed by atoms with Gasteiger partial charge in [-0.2, -0.15) is 0 Å². The van der Waals surface area contributed by atoms with Crippen molar-refractivity contribution in [1.82, 2.24) is 4.90 Å². The van der Waals surface area contributed by atoms with Gasteiger partial charge in [0.25, 0.3) is 5.91 Å². The number of aliphatic hydroxyl groups excluding tert-OH is 1. The van der Waals surface area contributed by atoms with Crippen molar-refractivity contribution in [2.24, 2.45) is 5.92 Å². The third-order valence-corrected chi connectivity index (χ3v) is 3.15. The number of amides is 1. The molecule has 1 aromatic carbocycles. The molecule has 0 saturated carbocycles. The Hall–Kier alpha value is -1.69. The molecule has 1 fully saturated rings. The van der Waals surface area contributed by atoms with Crippen LogP contribution in [0.15, 0.2) is 12.1 Å². The van der Waals surface area contributed by atoms with E-state index in [4.69, 9.17) is 10.8 Å². The van der Waals surface area contributed by atoms with Crippen molar-refractivity contribution in [3.63, 3.8) is 0 Å². The summed E-state index contributed by atoms with van der Waals surface area (Å²) >= 11 is 0. The van der Waals surface area contributed by atoms with E-state index in [1.54, 1.807) is 0 Å². The molecular weight excluding hydrogens is 242 g/mol. The zero-order chi connectivity index (χ0) is 13.3. The standard InChI is InChI=1S/C12H14F2N2O2/c13-9-4-10(14)11(15)3-8(9)12(18)16-2-1-7(5-16)6-17/h3-4,7,17H,1-2,5-6,15H2. The predicted octanol–water partition coefficient (Wildman–Crippen LogP) is 1.00. The maximum absolute atomic E-state index is 13.5. The van der Waals surface area contributed by atoms with E-state index in [0.29, 0.717) is 25.6 Å². The Morgan fingerprint density at radius 1 is 1.44 bits per heavy atom. The normalized spacial score (nSPS) is 19.3. The number of nitrogen functional groups attached to an aromatic ring is 1. The van der Waals surface area contributed by atoms with Crippen LogP contribution >= 0.6 is 0 Å². The van der Waals surface area contributed by atoms with Gasteiger partial charge in [-0.1, -0.05) is 0 Å². The predicted molar refractivity (Wildman–Crippen MR) is 61.9 cm³/mol. The van der Waals surface area contributed by atoms with Gasteiger partial charge in [0.05, 0.1) is 11.3 Å². The van der Waals surface area contributed by atoms with Gasteiger partial charge in [0.15, 0.2) is 0 Å². The van der Waals surface area contributed by atoms with Crippen molar-refractivity contribution in [1.29, 1.82) is 0 Å². The molecule has 6 heteroatoms. The molecule has 1 atom stereocenters. The van der Waals surface area contributed by atoms with E-state index < -0.39 is 17.5 Å². The summed E-state index contributed by atoms with van der Waals surface area (Å²) in [6, 6.07) is 1.63. The molecule has 1 aliphatic rings. The minimum atomic E-state index is -0.917. The molecule has 1 amide bonds. The molecule has 4 nitrogen and oxygen atoms in total. The number of benzene rings is 1. The summed E-state index contributed by atoms with van der Waals surface area (Å²) in [6.07, 6.45) is 0.681. The van der Waals surface area contributed by atoms with Gasteiger partial charge >= 0.3 is 0 Å². The van der Waals surface area contributed by atoms with Gasteiger partial charge in [0.1, 0.15) is 11.6 Å². The summed E-state index contributed by atoms with van der Waals surface area (Å²) < 4.78 is 26.5. The van der Waals surface area contributed by atoms with Gasteiger partial charge < -0.3 is 15.7 Å². The smallest absolute Gasteiger partial charge is 0.256 e. The fraction of sp³-hybridized carbons (Fsp3) is 0.417. The lowest BCUT2D eigenvalue weighted by molar-refractivity contribution is 0.0777. The molecule has 3 N–H and O–H groups in total. The van der Waals surface area contributed by atoms with Crippen LogP contribution < -0.4 is 5.73 Å². The quantitative estimate of drug-likeness (QED) is 0.776. The number of aliphatic hydroxyl groups is 1. The molecule has 0 aliphatic carbocycles. The minimum absolute atomic E-state index is 0.00216. The lowest BCUT2D eigenvalue weighted by Crippen LogP contribution is -2.30. The number of nitrogens with zero attached hydrogens (tertiary/aromatic N) is 1. The third kappa shape index (κ3) is 2.28. The van der Waals surface area contributed by atoms with E-state index in [0.717, 1.165) is 6.07 Å². The number of carbonyl (C=O) groups is 1. The Labute approximate surface area is 103 Å². The lowest BCUT2D eigenvalue weighted by atomic mass is 10.1. The maximum atomic E-state index is 13.5. The molecule has 2 rings (SSSR count). The largest absolute Gasteiger partial charge is 0.396 e. The van der Waals surface area contributed by atoms with Crippen LogP contribution in [0.2, 0.25) is 0 Å². The average molecular weight is 256 g/mol. The van der Waals surface area contributed by atoms with E-state index in [2.05, 4.69) is 0 Å². The highest BCUT2D eigenvalue weighted by molar-refractivity contribution is 5.95. The van der Waals surface area contributed by atoms with E-state index in [9.17, 15) is 13.6 Å². The fourth-order valence-electron chi connectivity index (χ4n) is 2.07. The molecule has 1 heterocycles. The van der Waals surface area contributed by atoms with E-state index in [1.807, 2.05) is 0 Å². The molecule has 1 aromatic rings. The summed E-state index contributed by atoms with van der Waals surface area (Å²) in [7, 11) is 0. The van der Waals surface area contributed by atoms with Gasteiger partial charge in [0.2, 0.25) is 0 Å². The van der Waals surface area contributed by atoms with Crippen molar-refractivity contribution in [3.8, 4) is 0 Å². The van der Waals surface area contributed by atoms with Crippen LogP contribution in [0.25, 0.3) is 0 Å². The zero-order valence-electron chi connectivity index (χ0n) is 9.70. The van der Waals surface area contributed by atoms with Crippen molar-refractivity contribution in [2.75, 3.05) is 25.4 Å². The number of likely N-dealkylation sites (tertiary alicyclic amines) is 1. The van der Waals surface area contributed by atoms with E-state index in [1.165, 1.54) is 4.90 Å². The maximum Gasteiger partial charge on any atom is 0.256 e. The number of rotatable bonds is 2. The van der Waals surface area contributed by atoms with Gasteiger partial charge in [-0.15, -0.1) is 0 Å². The van der Waals surface area contributed by atoms with Crippen LogP contribution in [0.5, 0.6) is 0 Å². The highest BCUT2D eigenvalue weighted by Crippen LogP contribution is 2.22. The van der Waals surface area contributed by atoms with Gasteiger partial charge in [-0.05, 0) is 12.5 Å². The first-order valence-corrected chi connectivity index (χ1v) is 5.67. The van der Waals surface area contributed by atoms with Crippen molar-refractivity contribution < 1.29 is 18.7 Å². The van der Waals surface area contributed by atoms with E-state index >= 15 is 0 Å². The second-order valence-corrected chi connectivity index (χ2v) is 4.44. The van der Waals surface area contributed by atoms with Crippen molar-refractivity contribution >= 4 is 11.6 Å². The topological polar surface area (TPSA) is 66.6 Å². The first-order valence-electron chi connectivity index (χ1n) is 5.67. The molecule has 1 aliphatic heterocycles. The Balaban J connectivity index is 2.22. The summed E-state index contributed by atoms with van der Waals surface area (Å²) in [6.45, 7) is 0.838. The molecule has 0 aromatic heterocycles. The van der Waals surface area contributed by atoms with Crippen LogP contribution in [0, 0.1) is 17.6 Å². The molecule has 18 heavy (non-hydrogen) atoms. The number of anilines is 1. The molecule has 1 saturated heterocycles. The monoisotopic (exact) mass is 256 g/mol. The number of nitrogens with two attached hydrogens (primary N) is 1. The molecule has 1 unspecified atom stereocenters. The third-order valence-electron chi connectivity index (χ3n) is 3.15. The fourth-order valence-corrected chi connectivity index (χ4v) is 2.07. The van der Waals surface area contributed by atoms with Gasteiger partial charge in [0, 0.05) is 31.7 Å². The Kier molecular flexibility index (Phi) is 3.47. The summed E-state index contributed by atoms with van der Waals surface area (Å²) in [5.74, 6) is -2.29. The minimum Gasteiger partial charge on any atom is -0.396 e. The van der Waals surface area contributed by atoms with Gasteiger partial charge in [-0.3, -0.25) is 4.79 Å². The second kappa shape index (κ2) is 4.89. The van der Waals surface area contributed by atoms with Crippen molar-refractivity contribution in [3.05, 3.63) is 29.3 Å². The summed E-state index contributed by atoms with van der Waals surface area (Å²) in [5.41, 5.74) is 4.85. The van der Waals surface area contributed by atoms with Crippen LogP contribution in [0.3, 0.4) is 0 Å². The first kappa shape index (κ1) is 12.8. The van der Waals surface area contributed by atoms with Crippen LogP contribution in [0.4, 0.5) is 14.5 Å². The molecule has 0 spiro atoms. The van der Waals surface area contributed by atoms with Crippen LogP contribution in [-0.4, -0.2) is 35.6 Å². The highest BCUT2D eigenvalue weighted by atomic mass is 19.1. The van der Waals surface area contributed by atoms with Crippen LogP contribution in [0.1, 0.15) is 16.8 Å². The molecular formula is C12H14F2N2O2. The summed E-state index contributed by atoms with van der Waals surface area (Å²) in [5, 5.41) is 8.99. The number of hydrogen-bond donors (Lipinski definition) is 2. The first-order chi connectivity index (χ1) is 8.52. The molecule has 0 radical (unpaired) electrons. The Morgan fingerprint density at radius 3 is 2.78 bits per heavy atom. The Bertz CT molecular complexity index is 479. The summed E-state index contributed by atoms with van der Waals surface area (Å²) in [4.78, 5) is 13.5. The number of carbonyl (C=O) groups excluding carboxylic acids is 1. The second-order valence-electron chi connectivity index (χ2n) is 4.44.